The van der Waals surface area contributed by atoms with Crippen molar-refractivity contribution in [1.82, 2.24) is 19.0 Å². The number of ether oxygens (including phenoxy) is 1. The number of fused-ring (bicyclic) bond motifs is 1. The van der Waals surface area contributed by atoms with E-state index < -0.39 is 5.82 Å². The second kappa shape index (κ2) is 6.53. The third-order valence-electron chi connectivity index (χ3n) is 5.06. The average molecular weight is 370 g/mol. The van der Waals surface area contributed by atoms with Gasteiger partial charge in [0.15, 0.2) is 17.2 Å². The SMILES string of the molecule is COc1ccc(C(=O)N2CC[C@@H](n3c(=O)n(C)c4cccnc43)C2)cc1F. The Hall–Kier alpha value is -3.16. The number of aromatic nitrogens is 3. The molecule has 1 saturated heterocycles. The molecule has 0 spiro atoms. The number of rotatable bonds is 3. The zero-order valence-corrected chi connectivity index (χ0v) is 15.1. The van der Waals surface area contributed by atoms with Crippen LogP contribution in [0.3, 0.4) is 0 Å². The highest BCUT2D eigenvalue weighted by Crippen LogP contribution is 2.26. The van der Waals surface area contributed by atoms with Gasteiger partial charge >= 0.3 is 5.69 Å². The van der Waals surface area contributed by atoms with Crippen LogP contribution < -0.4 is 10.4 Å². The molecule has 1 aromatic carbocycles. The topological polar surface area (TPSA) is 69.4 Å². The molecule has 2 aromatic heterocycles. The number of carbonyl (C=O) groups excluding carboxylic acids is 1. The first-order valence-electron chi connectivity index (χ1n) is 8.66. The second-order valence-electron chi connectivity index (χ2n) is 6.60. The number of pyridine rings is 1. The molecule has 0 unspecified atom stereocenters. The van der Waals surface area contributed by atoms with Crippen LogP contribution in [0.1, 0.15) is 22.8 Å². The van der Waals surface area contributed by atoms with Gasteiger partial charge in [0.2, 0.25) is 0 Å². The zero-order valence-electron chi connectivity index (χ0n) is 15.1. The van der Waals surface area contributed by atoms with Crippen molar-refractivity contribution in [3.8, 4) is 5.75 Å². The smallest absolute Gasteiger partial charge is 0.330 e. The van der Waals surface area contributed by atoms with Gasteiger partial charge in [0.25, 0.3) is 5.91 Å². The van der Waals surface area contributed by atoms with Gasteiger partial charge in [0.05, 0.1) is 18.7 Å². The third kappa shape index (κ3) is 2.77. The van der Waals surface area contributed by atoms with Crippen molar-refractivity contribution in [3.63, 3.8) is 0 Å². The Morgan fingerprint density at radius 3 is 2.89 bits per heavy atom. The first-order chi connectivity index (χ1) is 13.0. The van der Waals surface area contributed by atoms with Crippen molar-refractivity contribution < 1.29 is 13.9 Å². The molecule has 1 aliphatic rings. The number of halogens is 1. The maximum Gasteiger partial charge on any atom is 0.330 e. The number of likely N-dealkylation sites (tertiary alicyclic amines) is 1. The summed E-state index contributed by atoms with van der Waals surface area (Å²) in [5, 5.41) is 0. The van der Waals surface area contributed by atoms with Crippen molar-refractivity contribution in [3.05, 3.63) is 58.4 Å². The highest BCUT2D eigenvalue weighted by molar-refractivity contribution is 5.94. The van der Waals surface area contributed by atoms with E-state index in [0.29, 0.717) is 25.2 Å². The Morgan fingerprint density at radius 2 is 2.15 bits per heavy atom. The van der Waals surface area contributed by atoms with E-state index in [4.69, 9.17) is 4.74 Å². The number of nitrogens with zero attached hydrogens (tertiary/aromatic N) is 4. The summed E-state index contributed by atoms with van der Waals surface area (Å²) in [6.45, 7) is 0.870. The molecular formula is C19H19FN4O3. The van der Waals surface area contributed by atoms with E-state index in [2.05, 4.69) is 4.98 Å². The first-order valence-corrected chi connectivity index (χ1v) is 8.66. The summed E-state index contributed by atoms with van der Waals surface area (Å²) >= 11 is 0. The van der Waals surface area contributed by atoms with Crippen LogP contribution in [-0.2, 0) is 7.05 Å². The summed E-state index contributed by atoms with van der Waals surface area (Å²) in [4.78, 5) is 31.4. The van der Waals surface area contributed by atoms with E-state index in [9.17, 15) is 14.0 Å². The minimum Gasteiger partial charge on any atom is -0.494 e. The maximum atomic E-state index is 13.9. The number of amides is 1. The van der Waals surface area contributed by atoms with Gasteiger partial charge in [-0.05, 0) is 36.8 Å². The predicted molar refractivity (Wildman–Crippen MR) is 97.5 cm³/mol. The lowest BCUT2D eigenvalue weighted by atomic mass is 10.2. The van der Waals surface area contributed by atoms with Gasteiger partial charge in [0.1, 0.15) is 0 Å². The first kappa shape index (κ1) is 17.3. The molecule has 0 radical (unpaired) electrons. The minimum absolute atomic E-state index is 0.0965. The lowest BCUT2D eigenvalue weighted by Crippen LogP contribution is -2.31. The van der Waals surface area contributed by atoms with Gasteiger partial charge in [-0.15, -0.1) is 0 Å². The summed E-state index contributed by atoms with van der Waals surface area (Å²) < 4.78 is 22.0. The predicted octanol–water partition coefficient (Wildman–Crippen LogP) is 1.97. The fraction of sp³-hybridized carbons (Fsp3) is 0.316. The molecule has 3 aromatic rings. The van der Waals surface area contributed by atoms with Crippen LogP contribution in [0.25, 0.3) is 11.2 Å². The highest BCUT2D eigenvalue weighted by Gasteiger charge is 2.31. The van der Waals surface area contributed by atoms with E-state index in [1.54, 1.807) is 39.4 Å². The quantitative estimate of drug-likeness (QED) is 0.707. The fourth-order valence-corrected chi connectivity index (χ4v) is 3.64. The van der Waals surface area contributed by atoms with Gasteiger partial charge in [0, 0.05) is 31.9 Å². The number of carbonyl (C=O) groups is 1. The Kier molecular flexibility index (Phi) is 4.18. The van der Waals surface area contributed by atoms with E-state index >= 15 is 0 Å². The molecule has 0 aliphatic carbocycles. The monoisotopic (exact) mass is 370 g/mol. The highest BCUT2D eigenvalue weighted by atomic mass is 19.1. The van der Waals surface area contributed by atoms with E-state index in [1.165, 1.54) is 19.2 Å². The van der Waals surface area contributed by atoms with Gasteiger partial charge in [-0.1, -0.05) is 0 Å². The van der Waals surface area contributed by atoms with E-state index in [-0.39, 0.29) is 29.0 Å². The maximum absolute atomic E-state index is 13.9. The van der Waals surface area contributed by atoms with Crippen LogP contribution in [0.5, 0.6) is 5.75 Å². The molecule has 1 fully saturated rings. The molecule has 4 rings (SSSR count). The van der Waals surface area contributed by atoms with Crippen LogP contribution in [0.15, 0.2) is 41.3 Å². The van der Waals surface area contributed by atoms with Crippen molar-refractivity contribution in [2.45, 2.75) is 12.5 Å². The molecular weight excluding hydrogens is 351 g/mol. The Labute approximate surface area is 154 Å². The lowest BCUT2D eigenvalue weighted by molar-refractivity contribution is 0.0787. The summed E-state index contributed by atoms with van der Waals surface area (Å²) in [6.07, 6.45) is 2.29. The molecule has 1 aliphatic heterocycles. The van der Waals surface area contributed by atoms with Crippen LogP contribution in [-0.4, -0.2) is 45.1 Å². The number of imidazole rings is 1. The normalized spacial score (nSPS) is 16.9. The molecule has 140 valence electrons. The number of aryl methyl sites for hydroxylation is 1. The standard InChI is InChI=1S/C19H19FN4O3/c1-22-15-4-3-8-21-17(15)24(19(22)26)13-7-9-23(11-13)18(25)12-5-6-16(27-2)14(20)10-12/h3-6,8,10,13H,7,9,11H2,1-2H3/t13-/m1/s1. The number of benzene rings is 1. The zero-order chi connectivity index (χ0) is 19.1. The van der Waals surface area contributed by atoms with Crippen molar-refractivity contribution in [2.75, 3.05) is 20.2 Å². The molecule has 8 heteroatoms. The summed E-state index contributed by atoms with van der Waals surface area (Å²) in [7, 11) is 3.09. The summed E-state index contributed by atoms with van der Waals surface area (Å²) in [5.41, 5.74) is 1.47. The van der Waals surface area contributed by atoms with Crippen molar-refractivity contribution in [1.29, 1.82) is 0 Å². The molecule has 1 amide bonds. The van der Waals surface area contributed by atoms with E-state index in [1.807, 2.05) is 6.07 Å². The number of hydrogen-bond acceptors (Lipinski definition) is 4. The third-order valence-corrected chi connectivity index (χ3v) is 5.06. The fourth-order valence-electron chi connectivity index (χ4n) is 3.64. The molecule has 0 N–H and O–H groups in total. The van der Waals surface area contributed by atoms with Gasteiger partial charge in [-0.3, -0.25) is 13.9 Å². The molecule has 0 bridgehead atoms. The van der Waals surface area contributed by atoms with Crippen LogP contribution in [0.2, 0.25) is 0 Å². The Balaban J connectivity index is 1.61. The van der Waals surface area contributed by atoms with Crippen molar-refractivity contribution in [2.24, 2.45) is 7.05 Å². The lowest BCUT2D eigenvalue weighted by Gasteiger charge is -2.17. The van der Waals surface area contributed by atoms with Crippen LogP contribution >= 0.6 is 0 Å². The number of methoxy groups -OCH3 is 1. The largest absolute Gasteiger partial charge is 0.494 e. The van der Waals surface area contributed by atoms with Crippen LogP contribution in [0.4, 0.5) is 4.39 Å². The molecule has 27 heavy (non-hydrogen) atoms. The average Bonchev–Trinajstić information content (AvgIpc) is 3.25. The summed E-state index contributed by atoms with van der Waals surface area (Å²) in [6, 6.07) is 7.63. The Bertz CT molecular complexity index is 1090. The molecule has 0 saturated carbocycles. The van der Waals surface area contributed by atoms with Crippen molar-refractivity contribution >= 4 is 17.1 Å². The molecule has 7 nitrogen and oxygen atoms in total. The van der Waals surface area contributed by atoms with Gasteiger partial charge < -0.3 is 9.64 Å². The molecule has 1 atom stereocenters. The van der Waals surface area contributed by atoms with Gasteiger partial charge in [-0.2, -0.15) is 0 Å². The Morgan fingerprint density at radius 1 is 1.33 bits per heavy atom. The second-order valence-corrected chi connectivity index (χ2v) is 6.60. The van der Waals surface area contributed by atoms with E-state index in [0.717, 1.165) is 5.52 Å². The summed E-state index contributed by atoms with van der Waals surface area (Å²) in [5.74, 6) is -0.743. The number of hydrogen-bond donors (Lipinski definition) is 0. The minimum atomic E-state index is -0.575. The molecule has 3 heterocycles. The van der Waals surface area contributed by atoms with Gasteiger partial charge in [-0.25, -0.2) is 14.2 Å². The van der Waals surface area contributed by atoms with Crippen LogP contribution in [0, 0.1) is 5.82 Å².